The number of ether oxygens (including phenoxy) is 1. The highest BCUT2D eigenvalue weighted by Gasteiger charge is 2.16. The van der Waals surface area contributed by atoms with Crippen molar-refractivity contribution in [2.45, 2.75) is 0 Å². The molecule has 25 heavy (non-hydrogen) atoms. The molecule has 2 aromatic carbocycles. The van der Waals surface area contributed by atoms with Gasteiger partial charge in [0.15, 0.2) is 0 Å². The average Bonchev–Trinajstić information content (AvgIpc) is 2.62. The van der Waals surface area contributed by atoms with Crippen LogP contribution in [-0.2, 0) is 0 Å². The summed E-state index contributed by atoms with van der Waals surface area (Å²) in [7, 11) is 1.48. The van der Waals surface area contributed by atoms with E-state index in [-0.39, 0.29) is 0 Å². The zero-order valence-corrected chi connectivity index (χ0v) is 13.9. The number of nitrogens with one attached hydrogen (secondary N) is 2. The van der Waals surface area contributed by atoms with Crippen LogP contribution in [0.4, 0.5) is 4.39 Å². The number of carbonyl (C=O) groups is 1. The third-order valence-electron chi connectivity index (χ3n) is 3.72. The Morgan fingerprint density at radius 2 is 2.08 bits per heavy atom. The van der Waals surface area contributed by atoms with E-state index >= 15 is 0 Å². The predicted molar refractivity (Wildman–Crippen MR) is 94.9 cm³/mol. The van der Waals surface area contributed by atoms with Crippen LogP contribution in [0, 0.1) is 11.2 Å². The van der Waals surface area contributed by atoms with Gasteiger partial charge in [0.25, 0.3) is 5.91 Å². The summed E-state index contributed by atoms with van der Waals surface area (Å²) in [6.45, 7) is 0. The van der Waals surface area contributed by atoms with Crippen molar-refractivity contribution in [3.8, 4) is 17.0 Å². The van der Waals surface area contributed by atoms with Gasteiger partial charge in [0.05, 0.1) is 24.2 Å². The Kier molecular flexibility index (Phi) is 4.63. The molecule has 0 atom stereocenters. The van der Waals surface area contributed by atoms with E-state index < -0.39 is 11.7 Å². The van der Waals surface area contributed by atoms with Crippen molar-refractivity contribution in [2.75, 3.05) is 7.11 Å². The zero-order valence-electron chi connectivity index (χ0n) is 13.1. The number of rotatable bonds is 4. The largest absolute Gasteiger partial charge is 0.496 e. The van der Waals surface area contributed by atoms with E-state index in [4.69, 9.17) is 21.7 Å². The van der Waals surface area contributed by atoms with Crippen molar-refractivity contribution in [3.05, 3.63) is 59.0 Å². The molecule has 2 N–H and O–H groups in total. The molecule has 0 bridgehead atoms. The molecule has 7 heteroatoms. The predicted octanol–water partition coefficient (Wildman–Crippen LogP) is 4.04. The normalized spacial score (nSPS) is 10.5. The second-order valence-corrected chi connectivity index (χ2v) is 5.58. The van der Waals surface area contributed by atoms with Gasteiger partial charge in [-0.15, -0.1) is 0 Å². The Morgan fingerprint density at radius 1 is 1.28 bits per heavy atom. The molecule has 0 radical (unpaired) electrons. The minimum Gasteiger partial charge on any atom is -0.496 e. The Labute approximate surface area is 147 Å². The number of nitrogens with zero attached hydrogens (tertiary/aromatic N) is 1. The van der Waals surface area contributed by atoms with E-state index in [1.165, 1.54) is 31.5 Å². The summed E-state index contributed by atoms with van der Waals surface area (Å²) < 4.78 is 19.1. The lowest BCUT2D eigenvalue weighted by molar-refractivity contribution is 0.0978. The lowest BCUT2D eigenvalue weighted by Crippen LogP contribution is -2.20. The monoisotopic (exact) mass is 357 g/mol. The standard InChI is InChI=1S/C18H13ClFN3O2/c1-25-16-5-3-11(20)7-14(16)17-13-6-10(18(24)23-9-21)2-4-12(13)15(19)8-22-17/h2-9H,1H3,(H2,21,23,24). The molecule has 126 valence electrons. The molecular formula is C18H13ClFN3O2. The molecule has 0 spiro atoms. The van der Waals surface area contributed by atoms with Gasteiger partial charge in [-0.3, -0.25) is 15.2 Å². The Balaban J connectivity index is 2.30. The average molecular weight is 358 g/mol. The third-order valence-corrected chi connectivity index (χ3v) is 4.02. The summed E-state index contributed by atoms with van der Waals surface area (Å²) in [6.07, 6.45) is 2.28. The maximum atomic E-state index is 13.8. The minimum atomic E-state index is -0.436. The van der Waals surface area contributed by atoms with E-state index in [2.05, 4.69) is 10.3 Å². The number of benzene rings is 2. The van der Waals surface area contributed by atoms with Gasteiger partial charge in [0, 0.05) is 28.1 Å². The smallest absolute Gasteiger partial charge is 0.256 e. The van der Waals surface area contributed by atoms with E-state index in [1.54, 1.807) is 18.2 Å². The quantitative estimate of drug-likeness (QED) is 0.546. The number of hydrogen-bond acceptors (Lipinski definition) is 4. The molecule has 0 aliphatic heterocycles. The fourth-order valence-electron chi connectivity index (χ4n) is 2.58. The van der Waals surface area contributed by atoms with Crippen LogP contribution in [0.5, 0.6) is 5.75 Å². The van der Waals surface area contributed by atoms with E-state index in [0.29, 0.717) is 38.4 Å². The lowest BCUT2D eigenvalue weighted by atomic mass is 10.0. The molecule has 1 aromatic heterocycles. The summed E-state index contributed by atoms with van der Waals surface area (Å²) in [5, 5.41) is 10.9. The second-order valence-electron chi connectivity index (χ2n) is 5.18. The first-order valence-electron chi connectivity index (χ1n) is 7.27. The maximum absolute atomic E-state index is 13.8. The van der Waals surface area contributed by atoms with Crippen LogP contribution >= 0.6 is 11.6 Å². The summed E-state index contributed by atoms with van der Waals surface area (Å²) >= 11 is 6.21. The van der Waals surface area contributed by atoms with Gasteiger partial charge in [-0.05, 0) is 30.3 Å². The van der Waals surface area contributed by atoms with Crippen molar-refractivity contribution in [2.24, 2.45) is 0 Å². The molecule has 0 fully saturated rings. The van der Waals surface area contributed by atoms with Gasteiger partial charge in [0.2, 0.25) is 0 Å². The van der Waals surface area contributed by atoms with Crippen molar-refractivity contribution in [1.29, 1.82) is 5.41 Å². The van der Waals surface area contributed by atoms with Crippen molar-refractivity contribution < 1.29 is 13.9 Å². The van der Waals surface area contributed by atoms with Crippen LogP contribution in [0.15, 0.2) is 42.6 Å². The lowest BCUT2D eigenvalue weighted by Gasteiger charge is -2.12. The molecule has 1 heterocycles. The number of amides is 1. The van der Waals surface area contributed by atoms with Crippen LogP contribution in [-0.4, -0.2) is 24.3 Å². The zero-order chi connectivity index (χ0) is 18.0. The van der Waals surface area contributed by atoms with E-state index in [1.807, 2.05) is 0 Å². The first-order chi connectivity index (χ1) is 12.0. The van der Waals surface area contributed by atoms with Crippen molar-refractivity contribution in [3.63, 3.8) is 0 Å². The number of fused-ring (bicyclic) bond motifs is 1. The van der Waals surface area contributed by atoms with Crippen LogP contribution < -0.4 is 10.1 Å². The highest BCUT2D eigenvalue weighted by Crippen LogP contribution is 2.36. The number of hydrogen-bond donors (Lipinski definition) is 2. The molecule has 3 rings (SSSR count). The van der Waals surface area contributed by atoms with Gasteiger partial charge >= 0.3 is 0 Å². The molecule has 0 aliphatic carbocycles. The van der Waals surface area contributed by atoms with E-state index in [0.717, 1.165) is 6.34 Å². The highest BCUT2D eigenvalue weighted by molar-refractivity contribution is 6.35. The van der Waals surface area contributed by atoms with Gasteiger partial charge in [-0.2, -0.15) is 0 Å². The number of aromatic nitrogens is 1. The summed E-state index contributed by atoms with van der Waals surface area (Å²) in [6, 6.07) is 9.01. The highest BCUT2D eigenvalue weighted by atomic mass is 35.5. The Bertz CT molecular complexity index is 991. The van der Waals surface area contributed by atoms with Gasteiger partial charge < -0.3 is 10.1 Å². The Morgan fingerprint density at radius 3 is 2.80 bits per heavy atom. The number of pyridine rings is 1. The Hall–Kier alpha value is -2.99. The fourth-order valence-corrected chi connectivity index (χ4v) is 2.79. The molecule has 1 amide bonds. The SMILES string of the molecule is COc1ccc(F)cc1-c1ncc(Cl)c2ccc(C(=O)NC=N)cc12. The minimum absolute atomic E-state index is 0.330. The number of halogens is 2. The third kappa shape index (κ3) is 3.16. The van der Waals surface area contributed by atoms with Crippen molar-refractivity contribution >= 4 is 34.6 Å². The van der Waals surface area contributed by atoms with Gasteiger partial charge in [0.1, 0.15) is 11.6 Å². The van der Waals surface area contributed by atoms with E-state index in [9.17, 15) is 9.18 Å². The van der Waals surface area contributed by atoms with Crippen molar-refractivity contribution in [1.82, 2.24) is 10.3 Å². The van der Waals surface area contributed by atoms with Crippen LogP contribution in [0.2, 0.25) is 5.02 Å². The fraction of sp³-hybridized carbons (Fsp3) is 0.0556. The molecule has 0 saturated heterocycles. The topological polar surface area (TPSA) is 75.1 Å². The summed E-state index contributed by atoms with van der Waals surface area (Å²) in [5.74, 6) is -0.417. The molecule has 0 unspecified atom stereocenters. The first-order valence-corrected chi connectivity index (χ1v) is 7.65. The number of carbonyl (C=O) groups excluding carboxylic acids is 1. The second kappa shape index (κ2) is 6.86. The molecule has 5 nitrogen and oxygen atoms in total. The summed E-state index contributed by atoms with van der Waals surface area (Å²) in [4.78, 5) is 16.3. The van der Waals surface area contributed by atoms with Crippen LogP contribution in [0.3, 0.4) is 0 Å². The van der Waals surface area contributed by atoms with Gasteiger partial charge in [-0.1, -0.05) is 17.7 Å². The number of methoxy groups -OCH3 is 1. The molecular weight excluding hydrogens is 345 g/mol. The maximum Gasteiger partial charge on any atom is 0.256 e. The first kappa shape index (κ1) is 16.9. The van der Waals surface area contributed by atoms with Gasteiger partial charge in [-0.25, -0.2) is 4.39 Å². The molecule has 0 saturated carbocycles. The summed E-state index contributed by atoms with van der Waals surface area (Å²) in [5.41, 5.74) is 1.23. The molecule has 3 aromatic rings. The van der Waals surface area contributed by atoms with Crippen LogP contribution in [0.1, 0.15) is 10.4 Å². The molecule has 0 aliphatic rings. The van der Waals surface area contributed by atoms with Crippen LogP contribution in [0.25, 0.3) is 22.0 Å².